The van der Waals surface area contributed by atoms with Crippen molar-refractivity contribution in [2.75, 3.05) is 26.8 Å². The van der Waals surface area contributed by atoms with Gasteiger partial charge in [0.25, 0.3) is 0 Å². The Balaban J connectivity index is 1.88. The number of ether oxygens (including phenoxy) is 1. The van der Waals surface area contributed by atoms with Crippen molar-refractivity contribution >= 4 is 5.91 Å². The molecule has 0 aliphatic heterocycles. The SMILES string of the molecule is CNC(=O)C(C)NCCOCC1CC1. The van der Waals surface area contributed by atoms with Crippen LogP contribution in [0.25, 0.3) is 0 Å². The molecule has 1 fully saturated rings. The minimum absolute atomic E-state index is 0.0205. The third-order valence-corrected chi connectivity index (χ3v) is 2.39. The van der Waals surface area contributed by atoms with E-state index in [0.29, 0.717) is 6.61 Å². The Morgan fingerprint density at radius 2 is 2.29 bits per heavy atom. The first-order valence-corrected chi connectivity index (χ1v) is 5.26. The summed E-state index contributed by atoms with van der Waals surface area (Å²) in [5, 5.41) is 5.68. The number of nitrogens with one attached hydrogen (secondary N) is 2. The predicted molar refractivity (Wildman–Crippen MR) is 55.1 cm³/mol. The van der Waals surface area contributed by atoms with Crippen LogP contribution in [0.4, 0.5) is 0 Å². The van der Waals surface area contributed by atoms with Crippen LogP contribution in [-0.2, 0) is 9.53 Å². The zero-order valence-electron chi connectivity index (χ0n) is 9.01. The number of carbonyl (C=O) groups is 1. The maximum Gasteiger partial charge on any atom is 0.236 e. The summed E-state index contributed by atoms with van der Waals surface area (Å²) >= 11 is 0. The highest BCUT2D eigenvalue weighted by atomic mass is 16.5. The van der Waals surface area contributed by atoms with Gasteiger partial charge in [0.05, 0.1) is 12.6 Å². The summed E-state index contributed by atoms with van der Waals surface area (Å²) < 4.78 is 5.43. The molecule has 1 saturated carbocycles. The minimum Gasteiger partial charge on any atom is -0.380 e. The van der Waals surface area contributed by atoms with E-state index < -0.39 is 0 Å². The van der Waals surface area contributed by atoms with Gasteiger partial charge in [0.2, 0.25) is 5.91 Å². The Hall–Kier alpha value is -0.610. The van der Waals surface area contributed by atoms with E-state index in [2.05, 4.69) is 10.6 Å². The average Bonchev–Trinajstić information content (AvgIpc) is 2.99. The van der Waals surface area contributed by atoms with E-state index in [9.17, 15) is 4.79 Å². The zero-order chi connectivity index (χ0) is 10.4. The molecule has 0 aromatic rings. The molecule has 14 heavy (non-hydrogen) atoms. The second kappa shape index (κ2) is 5.98. The highest BCUT2D eigenvalue weighted by Gasteiger charge is 2.20. The number of amides is 1. The van der Waals surface area contributed by atoms with Crippen LogP contribution < -0.4 is 10.6 Å². The third kappa shape index (κ3) is 4.58. The molecule has 1 atom stereocenters. The molecule has 0 bridgehead atoms. The summed E-state index contributed by atoms with van der Waals surface area (Å²) in [6.45, 7) is 4.16. The van der Waals surface area contributed by atoms with Crippen molar-refractivity contribution in [1.82, 2.24) is 10.6 Å². The summed E-state index contributed by atoms with van der Waals surface area (Å²) in [6.07, 6.45) is 2.64. The Morgan fingerprint density at radius 3 is 2.86 bits per heavy atom. The fourth-order valence-electron chi connectivity index (χ4n) is 1.19. The van der Waals surface area contributed by atoms with Crippen LogP contribution in [-0.4, -0.2) is 38.8 Å². The van der Waals surface area contributed by atoms with Gasteiger partial charge in [-0.25, -0.2) is 0 Å². The van der Waals surface area contributed by atoms with E-state index in [1.807, 2.05) is 6.92 Å². The molecule has 1 aliphatic carbocycles. The largest absolute Gasteiger partial charge is 0.380 e. The van der Waals surface area contributed by atoms with Gasteiger partial charge in [-0.1, -0.05) is 0 Å². The second-order valence-corrected chi connectivity index (χ2v) is 3.81. The highest BCUT2D eigenvalue weighted by molar-refractivity contribution is 5.80. The van der Waals surface area contributed by atoms with Gasteiger partial charge in [-0.2, -0.15) is 0 Å². The molecule has 1 aliphatic rings. The Kier molecular flexibility index (Phi) is 4.90. The lowest BCUT2D eigenvalue weighted by Crippen LogP contribution is -2.41. The van der Waals surface area contributed by atoms with Gasteiger partial charge in [-0.05, 0) is 25.7 Å². The lowest BCUT2D eigenvalue weighted by molar-refractivity contribution is -0.122. The maximum atomic E-state index is 11.1. The molecule has 0 radical (unpaired) electrons. The third-order valence-electron chi connectivity index (χ3n) is 2.39. The topological polar surface area (TPSA) is 50.4 Å². The molecular weight excluding hydrogens is 180 g/mol. The van der Waals surface area contributed by atoms with E-state index in [0.717, 1.165) is 19.1 Å². The zero-order valence-corrected chi connectivity index (χ0v) is 9.01. The predicted octanol–water partition coefficient (Wildman–Crippen LogP) is 0.137. The summed E-state index contributed by atoms with van der Waals surface area (Å²) in [5.74, 6) is 0.832. The monoisotopic (exact) mass is 200 g/mol. The van der Waals surface area contributed by atoms with Gasteiger partial charge >= 0.3 is 0 Å². The molecule has 0 heterocycles. The second-order valence-electron chi connectivity index (χ2n) is 3.81. The quantitative estimate of drug-likeness (QED) is 0.575. The number of hydrogen-bond acceptors (Lipinski definition) is 3. The van der Waals surface area contributed by atoms with Gasteiger partial charge in [0.1, 0.15) is 0 Å². The lowest BCUT2D eigenvalue weighted by atomic mass is 10.3. The first-order valence-electron chi connectivity index (χ1n) is 5.26. The Labute approximate surface area is 85.4 Å². The molecular formula is C10H20N2O2. The van der Waals surface area contributed by atoms with Crippen molar-refractivity contribution in [3.63, 3.8) is 0 Å². The van der Waals surface area contributed by atoms with E-state index in [1.54, 1.807) is 7.05 Å². The number of carbonyl (C=O) groups excluding carboxylic acids is 1. The van der Waals surface area contributed by atoms with Crippen molar-refractivity contribution in [2.45, 2.75) is 25.8 Å². The van der Waals surface area contributed by atoms with Gasteiger partial charge < -0.3 is 15.4 Å². The fourth-order valence-corrected chi connectivity index (χ4v) is 1.19. The molecule has 0 spiro atoms. The van der Waals surface area contributed by atoms with Crippen molar-refractivity contribution in [3.05, 3.63) is 0 Å². The summed E-state index contributed by atoms with van der Waals surface area (Å²) in [5.41, 5.74) is 0. The Bertz CT molecular complexity index is 181. The van der Waals surface area contributed by atoms with Gasteiger partial charge in [0, 0.05) is 20.2 Å². The van der Waals surface area contributed by atoms with Crippen molar-refractivity contribution in [1.29, 1.82) is 0 Å². The molecule has 2 N–H and O–H groups in total. The van der Waals surface area contributed by atoms with Gasteiger partial charge in [0.15, 0.2) is 0 Å². The standard InChI is InChI=1S/C10H20N2O2/c1-8(10(13)11-2)12-5-6-14-7-9-3-4-9/h8-9,12H,3-7H2,1-2H3,(H,11,13). The smallest absolute Gasteiger partial charge is 0.236 e. The van der Waals surface area contributed by atoms with Crippen LogP contribution in [0, 0.1) is 5.92 Å². The van der Waals surface area contributed by atoms with E-state index in [4.69, 9.17) is 4.74 Å². The Morgan fingerprint density at radius 1 is 1.57 bits per heavy atom. The van der Waals surface area contributed by atoms with E-state index in [1.165, 1.54) is 12.8 Å². The van der Waals surface area contributed by atoms with Crippen LogP contribution >= 0.6 is 0 Å². The van der Waals surface area contributed by atoms with Crippen LogP contribution in [0.15, 0.2) is 0 Å². The number of rotatable bonds is 7. The van der Waals surface area contributed by atoms with Gasteiger partial charge in [-0.15, -0.1) is 0 Å². The number of hydrogen-bond donors (Lipinski definition) is 2. The first kappa shape index (κ1) is 11.5. The van der Waals surface area contributed by atoms with E-state index >= 15 is 0 Å². The average molecular weight is 200 g/mol. The highest BCUT2D eigenvalue weighted by Crippen LogP contribution is 2.28. The van der Waals surface area contributed by atoms with Crippen LogP contribution in [0.3, 0.4) is 0 Å². The molecule has 82 valence electrons. The lowest BCUT2D eigenvalue weighted by Gasteiger charge is -2.11. The van der Waals surface area contributed by atoms with Gasteiger partial charge in [-0.3, -0.25) is 4.79 Å². The fraction of sp³-hybridized carbons (Fsp3) is 0.900. The molecule has 1 unspecified atom stereocenters. The van der Waals surface area contributed by atoms with Crippen molar-refractivity contribution in [3.8, 4) is 0 Å². The molecule has 0 aromatic heterocycles. The molecule has 4 heteroatoms. The minimum atomic E-state index is -0.135. The summed E-state index contributed by atoms with van der Waals surface area (Å²) in [7, 11) is 1.64. The van der Waals surface area contributed by atoms with Crippen LogP contribution in [0.2, 0.25) is 0 Å². The molecule has 4 nitrogen and oxygen atoms in total. The number of likely N-dealkylation sites (N-methyl/N-ethyl adjacent to an activating group) is 1. The van der Waals surface area contributed by atoms with Crippen molar-refractivity contribution < 1.29 is 9.53 Å². The molecule has 0 saturated heterocycles. The summed E-state index contributed by atoms with van der Waals surface area (Å²) in [6, 6.07) is -0.135. The first-order chi connectivity index (χ1) is 6.74. The van der Waals surface area contributed by atoms with Crippen LogP contribution in [0.1, 0.15) is 19.8 Å². The maximum absolute atomic E-state index is 11.1. The summed E-state index contributed by atoms with van der Waals surface area (Å²) in [4.78, 5) is 11.1. The molecule has 1 rings (SSSR count). The molecule has 1 amide bonds. The van der Waals surface area contributed by atoms with E-state index in [-0.39, 0.29) is 11.9 Å². The normalized spacial score (nSPS) is 17.9. The molecule has 0 aromatic carbocycles. The van der Waals surface area contributed by atoms with Crippen molar-refractivity contribution in [2.24, 2.45) is 5.92 Å². The van der Waals surface area contributed by atoms with Crippen LogP contribution in [0.5, 0.6) is 0 Å².